The highest BCUT2D eigenvalue weighted by Gasteiger charge is 2.30. The number of rotatable bonds is 5. The summed E-state index contributed by atoms with van der Waals surface area (Å²) in [6, 6.07) is 7.11. The van der Waals surface area contributed by atoms with Crippen molar-refractivity contribution in [1.29, 1.82) is 0 Å². The van der Waals surface area contributed by atoms with Gasteiger partial charge in [-0.1, -0.05) is 6.92 Å². The molecule has 0 saturated carbocycles. The Morgan fingerprint density at radius 3 is 2.58 bits per heavy atom. The molecule has 0 unspecified atom stereocenters. The van der Waals surface area contributed by atoms with E-state index in [0.29, 0.717) is 22.4 Å². The third-order valence-electron chi connectivity index (χ3n) is 3.05. The van der Waals surface area contributed by atoms with Crippen LogP contribution in [0.15, 0.2) is 40.2 Å². The molecule has 130 valence electrons. The van der Waals surface area contributed by atoms with Crippen LogP contribution in [-0.4, -0.2) is 42.6 Å². The topological polar surface area (TPSA) is 71.0 Å². The lowest BCUT2D eigenvalue weighted by Gasteiger charge is -2.06. The van der Waals surface area contributed by atoms with Crippen LogP contribution < -0.4 is 27.0 Å². The molecule has 0 bridgehead atoms. The first kappa shape index (κ1) is 20.2. The van der Waals surface area contributed by atoms with E-state index in [0.717, 1.165) is 12.2 Å². The van der Waals surface area contributed by atoms with Crippen LogP contribution in [-0.2, 0) is 9.59 Å². The van der Waals surface area contributed by atoms with Crippen molar-refractivity contribution < 1.29 is 31.3 Å². The maximum Gasteiger partial charge on any atom is 0.266 e. The standard InChI is InChI=1S/C16H19N3O3S.BrH/c1-4-9-22-12-7-5-11(6-8-12)18-14(20)10-13-15(21)19(3)16(17-2)23-13;/h5-8,10H,4,9H2,1-3H3,(H,18,20);1H/p-1/b13-10+,17-16?;. The zero-order chi connectivity index (χ0) is 16.8. The number of anilines is 1. The minimum Gasteiger partial charge on any atom is -1.00 e. The molecule has 0 radical (unpaired) electrons. The first-order valence-corrected chi connectivity index (χ1v) is 8.05. The van der Waals surface area contributed by atoms with Crippen molar-refractivity contribution in [2.75, 3.05) is 26.0 Å². The molecule has 2 amide bonds. The number of amidine groups is 1. The molecule has 1 aliphatic rings. The summed E-state index contributed by atoms with van der Waals surface area (Å²) in [4.78, 5) is 29.8. The van der Waals surface area contributed by atoms with Crippen LogP contribution >= 0.6 is 11.8 Å². The van der Waals surface area contributed by atoms with E-state index in [2.05, 4.69) is 10.3 Å². The molecule has 1 aromatic rings. The van der Waals surface area contributed by atoms with Gasteiger partial charge in [-0.3, -0.25) is 19.5 Å². The number of amides is 2. The molecule has 1 aromatic carbocycles. The van der Waals surface area contributed by atoms with Gasteiger partial charge in [-0.2, -0.15) is 0 Å². The van der Waals surface area contributed by atoms with E-state index in [1.807, 2.05) is 6.92 Å². The van der Waals surface area contributed by atoms with E-state index in [1.165, 1.54) is 22.7 Å². The number of nitrogens with one attached hydrogen (secondary N) is 1. The Morgan fingerprint density at radius 2 is 2.04 bits per heavy atom. The van der Waals surface area contributed by atoms with Gasteiger partial charge in [0.25, 0.3) is 5.91 Å². The fourth-order valence-electron chi connectivity index (χ4n) is 1.90. The molecule has 1 N–H and O–H groups in total. The Morgan fingerprint density at radius 1 is 1.38 bits per heavy atom. The van der Waals surface area contributed by atoms with Crippen LogP contribution in [0.1, 0.15) is 13.3 Å². The number of aliphatic imine (C=N–C) groups is 1. The van der Waals surface area contributed by atoms with Crippen LogP contribution in [0.2, 0.25) is 0 Å². The summed E-state index contributed by atoms with van der Waals surface area (Å²) in [7, 11) is 3.24. The minimum absolute atomic E-state index is 0. The molecule has 1 fully saturated rings. The molecule has 0 aliphatic carbocycles. The number of benzene rings is 1. The van der Waals surface area contributed by atoms with Gasteiger partial charge in [0.15, 0.2) is 5.17 Å². The summed E-state index contributed by atoms with van der Waals surface area (Å²) in [5.74, 6) is 0.179. The van der Waals surface area contributed by atoms with Gasteiger partial charge in [0, 0.05) is 25.9 Å². The van der Waals surface area contributed by atoms with Crippen molar-refractivity contribution in [2.24, 2.45) is 4.99 Å². The molecule has 24 heavy (non-hydrogen) atoms. The summed E-state index contributed by atoms with van der Waals surface area (Å²) < 4.78 is 5.48. The highest BCUT2D eigenvalue weighted by molar-refractivity contribution is 8.18. The van der Waals surface area contributed by atoms with Gasteiger partial charge < -0.3 is 27.0 Å². The van der Waals surface area contributed by atoms with E-state index < -0.39 is 0 Å². The predicted octanol–water partition coefficient (Wildman–Crippen LogP) is -0.507. The number of hydrogen-bond donors (Lipinski definition) is 1. The van der Waals surface area contributed by atoms with Crippen molar-refractivity contribution in [2.45, 2.75) is 13.3 Å². The lowest BCUT2D eigenvalue weighted by atomic mass is 10.3. The number of thioether (sulfide) groups is 1. The molecule has 8 heteroatoms. The summed E-state index contributed by atoms with van der Waals surface area (Å²) in [5, 5.41) is 3.30. The van der Waals surface area contributed by atoms with Crippen molar-refractivity contribution >= 4 is 34.4 Å². The van der Waals surface area contributed by atoms with Crippen molar-refractivity contribution in [3.05, 3.63) is 35.2 Å². The van der Waals surface area contributed by atoms with E-state index >= 15 is 0 Å². The molecule has 2 rings (SSSR count). The van der Waals surface area contributed by atoms with Gasteiger partial charge in [0.1, 0.15) is 5.75 Å². The molecule has 0 spiro atoms. The first-order chi connectivity index (χ1) is 11.0. The SMILES string of the molecule is CCCOc1ccc(NC(=O)/C=C2/SC(=NC)N(C)C2=O)cc1.[Br-]. The van der Waals surface area contributed by atoms with E-state index in [-0.39, 0.29) is 28.8 Å². The third-order valence-corrected chi connectivity index (χ3v) is 4.20. The molecule has 6 nitrogen and oxygen atoms in total. The molecule has 1 saturated heterocycles. The van der Waals surface area contributed by atoms with Gasteiger partial charge in [0.05, 0.1) is 11.5 Å². The first-order valence-electron chi connectivity index (χ1n) is 7.23. The zero-order valence-corrected chi connectivity index (χ0v) is 16.1. The molecule has 1 aliphatic heterocycles. The number of hydrogen-bond acceptors (Lipinski definition) is 5. The lowest BCUT2D eigenvalue weighted by molar-refractivity contribution is -0.121. The van der Waals surface area contributed by atoms with Gasteiger partial charge >= 0.3 is 0 Å². The van der Waals surface area contributed by atoms with Crippen LogP contribution in [0, 0.1) is 0 Å². The van der Waals surface area contributed by atoms with E-state index in [9.17, 15) is 9.59 Å². The third kappa shape index (κ3) is 5.10. The fourth-order valence-corrected chi connectivity index (χ4v) is 2.80. The normalized spacial score (nSPS) is 17.1. The minimum atomic E-state index is -0.353. The average molecular weight is 413 g/mol. The second kappa shape index (κ2) is 9.48. The Hall–Kier alpha value is -1.80. The number of carbonyl (C=O) groups excluding carboxylic acids is 2. The largest absolute Gasteiger partial charge is 1.00 e. The maximum absolute atomic E-state index is 12.0. The number of halogens is 1. The lowest BCUT2D eigenvalue weighted by Crippen LogP contribution is -3.00. The number of nitrogens with zero attached hydrogens (tertiary/aromatic N) is 2. The molecule has 0 aromatic heterocycles. The number of carbonyl (C=O) groups is 2. The van der Waals surface area contributed by atoms with Gasteiger partial charge in [-0.25, -0.2) is 0 Å². The predicted molar refractivity (Wildman–Crippen MR) is 92.7 cm³/mol. The smallest absolute Gasteiger partial charge is 0.266 e. The Kier molecular flexibility index (Phi) is 8.00. The van der Waals surface area contributed by atoms with Crippen LogP contribution in [0.4, 0.5) is 5.69 Å². The Balaban J connectivity index is 0.00000288. The quantitative estimate of drug-likeness (QED) is 0.661. The summed E-state index contributed by atoms with van der Waals surface area (Å²) in [6.45, 7) is 2.70. The van der Waals surface area contributed by atoms with Gasteiger partial charge in [0.2, 0.25) is 5.91 Å². The molecular weight excluding hydrogens is 394 g/mol. The van der Waals surface area contributed by atoms with Crippen molar-refractivity contribution in [1.82, 2.24) is 4.90 Å². The maximum atomic E-state index is 12.0. The van der Waals surface area contributed by atoms with E-state index in [4.69, 9.17) is 4.74 Å². The van der Waals surface area contributed by atoms with Crippen molar-refractivity contribution in [3.8, 4) is 5.75 Å². The number of likely N-dealkylation sites (N-methyl/N-ethyl adjacent to an activating group) is 1. The molecular formula is C16H19BrN3O3S-. The summed E-state index contributed by atoms with van der Waals surface area (Å²) >= 11 is 1.18. The zero-order valence-electron chi connectivity index (χ0n) is 13.7. The Bertz CT molecular complexity index is 659. The van der Waals surface area contributed by atoms with Crippen LogP contribution in [0.25, 0.3) is 0 Å². The monoisotopic (exact) mass is 412 g/mol. The fraction of sp³-hybridized carbons (Fsp3) is 0.312. The van der Waals surface area contributed by atoms with Gasteiger partial charge in [-0.05, 0) is 42.4 Å². The summed E-state index contributed by atoms with van der Waals surface area (Å²) in [5.41, 5.74) is 0.642. The Labute approximate surface area is 156 Å². The van der Waals surface area contributed by atoms with Crippen LogP contribution in [0.5, 0.6) is 5.75 Å². The molecule has 1 heterocycles. The highest BCUT2D eigenvalue weighted by Crippen LogP contribution is 2.29. The van der Waals surface area contributed by atoms with Crippen molar-refractivity contribution in [3.63, 3.8) is 0 Å². The van der Waals surface area contributed by atoms with E-state index in [1.54, 1.807) is 38.4 Å². The summed E-state index contributed by atoms with van der Waals surface area (Å²) in [6.07, 6.45) is 2.23. The van der Waals surface area contributed by atoms with Gasteiger partial charge in [-0.15, -0.1) is 0 Å². The highest BCUT2D eigenvalue weighted by atomic mass is 79.9. The second-order valence-corrected chi connectivity index (χ2v) is 5.85. The van der Waals surface area contributed by atoms with Crippen LogP contribution in [0.3, 0.4) is 0 Å². The average Bonchev–Trinajstić information content (AvgIpc) is 2.82. The molecule has 0 atom stereocenters. The number of ether oxygens (including phenoxy) is 1. The second-order valence-electron chi connectivity index (χ2n) is 4.84.